The second kappa shape index (κ2) is 7.60. The molecule has 0 saturated heterocycles. The molecule has 0 fully saturated rings. The van der Waals surface area contributed by atoms with E-state index in [0.717, 1.165) is 33.8 Å². The number of rotatable bonds is 3. The Morgan fingerprint density at radius 1 is 1.03 bits per heavy atom. The van der Waals surface area contributed by atoms with Gasteiger partial charge in [-0.3, -0.25) is 9.36 Å². The fourth-order valence-electron chi connectivity index (χ4n) is 4.18. The smallest absolute Gasteiger partial charge is 0.255 e. The summed E-state index contributed by atoms with van der Waals surface area (Å²) in [6.45, 7) is 3.97. The van der Waals surface area contributed by atoms with Gasteiger partial charge in [0.05, 0.1) is 22.6 Å². The summed E-state index contributed by atoms with van der Waals surface area (Å²) in [5.41, 5.74) is 6.08. The summed E-state index contributed by atoms with van der Waals surface area (Å²) in [5, 5.41) is 6.92. The van der Waals surface area contributed by atoms with Crippen molar-refractivity contribution in [3.63, 3.8) is 0 Å². The Labute approximate surface area is 185 Å². The lowest BCUT2D eigenvalue weighted by Crippen LogP contribution is -2.31. The van der Waals surface area contributed by atoms with E-state index in [-0.39, 0.29) is 11.9 Å². The van der Waals surface area contributed by atoms with E-state index in [9.17, 15) is 4.79 Å². The van der Waals surface area contributed by atoms with Crippen molar-refractivity contribution in [3.8, 4) is 0 Å². The number of halogens is 1. The molecular weight excluding hydrogens is 408 g/mol. The molecule has 5 nitrogen and oxygen atoms in total. The van der Waals surface area contributed by atoms with E-state index in [4.69, 9.17) is 16.6 Å². The van der Waals surface area contributed by atoms with E-state index in [1.165, 1.54) is 0 Å². The van der Waals surface area contributed by atoms with Crippen molar-refractivity contribution < 1.29 is 4.79 Å². The second-order valence-corrected chi connectivity index (χ2v) is 8.18. The van der Waals surface area contributed by atoms with Crippen molar-refractivity contribution in [3.05, 3.63) is 100 Å². The van der Waals surface area contributed by atoms with Gasteiger partial charge in [-0.15, -0.1) is 0 Å². The number of imidazole rings is 1. The number of amides is 1. The summed E-state index contributed by atoms with van der Waals surface area (Å²) in [4.78, 5) is 18.3. The Hall–Kier alpha value is -3.57. The minimum absolute atomic E-state index is 0.179. The highest BCUT2D eigenvalue weighted by Crippen LogP contribution is 2.39. The largest absolute Gasteiger partial charge is 0.329 e. The number of nitrogens with zero attached hydrogens (tertiary/aromatic N) is 2. The molecular formula is C25H21ClN4O. The maximum absolute atomic E-state index is 13.5. The summed E-state index contributed by atoms with van der Waals surface area (Å²) in [6, 6.07) is 23.1. The van der Waals surface area contributed by atoms with Gasteiger partial charge in [0.1, 0.15) is 0 Å². The summed E-state index contributed by atoms with van der Waals surface area (Å²) in [7, 11) is 0. The van der Waals surface area contributed by atoms with Gasteiger partial charge in [-0.25, -0.2) is 4.98 Å². The summed E-state index contributed by atoms with van der Waals surface area (Å²) in [6.07, 6.45) is 0. The zero-order valence-electron chi connectivity index (χ0n) is 17.2. The molecule has 6 heteroatoms. The molecule has 1 aliphatic heterocycles. The van der Waals surface area contributed by atoms with E-state index in [2.05, 4.69) is 40.3 Å². The van der Waals surface area contributed by atoms with Crippen LogP contribution in [0.25, 0.3) is 11.0 Å². The molecule has 1 aliphatic rings. The normalized spacial score (nSPS) is 15.5. The molecule has 3 aromatic carbocycles. The third-order valence-electron chi connectivity index (χ3n) is 5.52. The molecule has 2 heterocycles. The van der Waals surface area contributed by atoms with Crippen LogP contribution in [0, 0.1) is 6.92 Å². The number of anilines is 2. The van der Waals surface area contributed by atoms with E-state index in [1.54, 1.807) is 12.1 Å². The molecule has 154 valence electrons. The number of aromatic nitrogens is 2. The molecule has 1 aromatic heterocycles. The Bertz CT molecular complexity index is 1350. The molecule has 31 heavy (non-hydrogen) atoms. The SMILES string of the molecule is CC1=C(C(=O)Nc2cccc(Cl)c2)[C@H](c2cccc(C)c2)n2c(nc3ccccc32)N1. The van der Waals surface area contributed by atoms with Crippen LogP contribution >= 0.6 is 11.6 Å². The molecule has 0 bridgehead atoms. The molecule has 1 atom stereocenters. The van der Waals surface area contributed by atoms with Crippen LogP contribution < -0.4 is 10.6 Å². The van der Waals surface area contributed by atoms with Gasteiger partial charge in [-0.1, -0.05) is 59.6 Å². The molecule has 0 spiro atoms. The van der Waals surface area contributed by atoms with Gasteiger partial charge < -0.3 is 10.6 Å². The van der Waals surface area contributed by atoms with Crippen LogP contribution in [0.2, 0.25) is 5.02 Å². The number of carbonyl (C=O) groups is 1. The van der Waals surface area contributed by atoms with Crippen LogP contribution in [0.3, 0.4) is 0 Å². The number of aryl methyl sites for hydroxylation is 1. The van der Waals surface area contributed by atoms with Crippen molar-refractivity contribution in [2.45, 2.75) is 19.9 Å². The fourth-order valence-corrected chi connectivity index (χ4v) is 4.37. The van der Waals surface area contributed by atoms with Crippen LogP contribution in [-0.2, 0) is 4.79 Å². The summed E-state index contributed by atoms with van der Waals surface area (Å²) in [5.74, 6) is 0.548. The lowest BCUT2D eigenvalue weighted by Gasteiger charge is -2.31. The second-order valence-electron chi connectivity index (χ2n) is 7.74. The maximum atomic E-state index is 13.5. The average molecular weight is 429 g/mol. The predicted molar refractivity (Wildman–Crippen MR) is 125 cm³/mol. The zero-order valence-corrected chi connectivity index (χ0v) is 17.9. The van der Waals surface area contributed by atoms with Crippen LogP contribution in [0.4, 0.5) is 11.6 Å². The van der Waals surface area contributed by atoms with Gasteiger partial charge in [0.25, 0.3) is 5.91 Å². The quantitative estimate of drug-likeness (QED) is 0.425. The number of benzene rings is 3. The number of hydrogen-bond donors (Lipinski definition) is 2. The number of carbonyl (C=O) groups excluding carboxylic acids is 1. The first-order valence-corrected chi connectivity index (χ1v) is 10.5. The monoisotopic (exact) mass is 428 g/mol. The van der Waals surface area contributed by atoms with Gasteiger partial charge in [-0.05, 0) is 49.7 Å². The Kier molecular flexibility index (Phi) is 4.75. The summed E-state index contributed by atoms with van der Waals surface area (Å²) >= 11 is 6.11. The first-order valence-electron chi connectivity index (χ1n) is 10.1. The number of nitrogens with one attached hydrogen (secondary N) is 2. The van der Waals surface area contributed by atoms with Gasteiger partial charge in [0, 0.05) is 16.4 Å². The number of para-hydroxylation sites is 2. The van der Waals surface area contributed by atoms with Gasteiger partial charge >= 0.3 is 0 Å². The topological polar surface area (TPSA) is 59.0 Å². The van der Waals surface area contributed by atoms with Crippen molar-refractivity contribution in [1.82, 2.24) is 9.55 Å². The predicted octanol–water partition coefficient (Wildman–Crippen LogP) is 5.93. The molecule has 4 aromatic rings. The third-order valence-corrected chi connectivity index (χ3v) is 5.75. The average Bonchev–Trinajstić information content (AvgIpc) is 3.10. The molecule has 0 saturated carbocycles. The van der Waals surface area contributed by atoms with Crippen LogP contribution in [0.15, 0.2) is 84.1 Å². The van der Waals surface area contributed by atoms with Crippen molar-refractivity contribution in [2.75, 3.05) is 10.6 Å². The lowest BCUT2D eigenvalue weighted by atomic mass is 9.93. The van der Waals surface area contributed by atoms with E-state index in [0.29, 0.717) is 16.3 Å². The molecule has 5 rings (SSSR count). The Morgan fingerprint density at radius 3 is 2.65 bits per heavy atom. The first kappa shape index (κ1) is 19.4. The van der Waals surface area contributed by atoms with Gasteiger partial charge in [-0.2, -0.15) is 0 Å². The third kappa shape index (κ3) is 3.47. The van der Waals surface area contributed by atoms with Crippen LogP contribution in [-0.4, -0.2) is 15.5 Å². The Balaban J connectivity index is 1.67. The standard InChI is InChI=1S/C25H21ClN4O/c1-15-7-5-8-17(13-15)23-22(24(31)28-19-10-6-9-18(26)14-19)16(2)27-25-29-20-11-3-4-12-21(20)30(23)25/h3-14,23H,1-2H3,(H,27,29)(H,28,31)/t23-/m0/s1. The highest BCUT2D eigenvalue weighted by molar-refractivity contribution is 6.31. The van der Waals surface area contributed by atoms with Crippen molar-refractivity contribution in [1.29, 1.82) is 0 Å². The zero-order chi connectivity index (χ0) is 21.5. The lowest BCUT2D eigenvalue weighted by molar-refractivity contribution is -0.113. The van der Waals surface area contributed by atoms with Crippen LogP contribution in [0.5, 0.6) is 0 Å². The van der Waals surface area contributed by atoms with Gasteiger partial charge in [0.15, 0.2) is 0 Å². The first-order chi connectivity index (χ1) is 15.0. The highest BCUT2D eigenvalue weighted by atomic mass is 35.5. The minimum Gasteiger partial charge on any atom is -0.329 e. The molecule has 0 unspecified atom stereocenters. The van der Waals surface area contributed by atoms with E-state index >= 15 is 0 Å². The highest BCUT2D eigenvalue weighted by Gasteiger charge is 2.34. The number of allylic oxidation sites excluding steroid dienone is 1. The molecule has 1 amide bonds. The van der Waals surface area contributed by atoms with Crippen LogP contribution in [0.1, 0.15) is 24.1 Å². The van der Waals surface area contributed by atoms with Gasteiger partial charge in [0.2, 0.25) is 5.95 Å². The van der Waals surface area contributed by atoms with E-state index in [1.807, 2.05) is 49.4 Å². The number of fused-ring (bicyclic) bond motifs is 3. The Morgan fingerprint density at radius 2 is 1.84 bits per heavy atom. The molecule has 0 aliphatic carbocycles. The summed E-state index contributed by atoms with van der Waals surface area (Å²) < 4.78 is 2.10. The fraction of sp³-hybridized carbons (Fsp3) is 0.120. The van der Waals surface area contributed by atoms with E-state index < -0.39 is 0 Å². The molecule has 2 N–H and O–H groups in total. The molecule has 0 radical (unpaired) electrons. The maximum Gasteiger partial charge on any atom is 0.255 e. The van der Waals surface area contributed by atoms with Crippen molar-refractivity contribution >= 4 is 40.2 Å². The van der Waals surface area contributed by atoms with Crippen molar-refractivity contribution in [2.24, 2.45) is 0 Å². The number of hydrogen-bond acceptors (Lipinski definition) is 3. The minimum atomic E-state index is -0.317.